The average molecular weight is 208 g/mol. The Hall–Kier alpha value is -1.02. The number of para-hydroxylation sites is 1. The fraction of sp³-hybridized carbons (Fsp3) is 0.538. The molecule has 1 rings (SSSR count). The predicted octanol–water partition coefficient (Wildman–Crippen LogP) is 1.82. The molecule has 0 saturated heterocycles. The number of quaternary nitrogens is 1. The van der Waals surface area contributed by atoms with E-state index in [-0.39, 0.29) is 0 Å². The molecule has 0 atom stereocenters. The third-order valence-electron chi connectivity index (χ3n) is 2.12. The number of ether oxygens (including phenoxy) is 1. The quantitative estimate of drug-likeness (QED) is 0.734. The molecule has 2 N–H and O–H groups in total. The maximum atomic E-state index is 5.60. The van der Waals surface area contributed by atoms with E-state index in [9.17, 15) is 0 Å². The highest BCUT2D eigenvalue weighted by Gasteiger charge is 2.11. The van der Waals surface area contributed by atoms with Crippen LogP contribution in [0.15, 0.2) is 30.3 Å². The van der Waals surface area contributed by atoms with Gasteiger partial charge in [-0.15, -0.1) is 0 Å². The van der Waals surface area contributed by atoms with Crippen molar-refractivity contribution in [1.29, 1.82) is 0 Å². The molecule has 0 saturated carbocycles. The van der Waals surface area contributed by atoms with Crippen molar-refractivity contribution < 1.29 is 10.1 Å². The van der Waals surface area contributed by atoms with Crippen molar-refractivity contribution in [2.45, 2.75) is 32.7 Å². The molecular weight excluding hydrogens is 186 g/mol. The molecule has 0 aliphatic heterocycles. The third kappa shape index (κ3) is 6.13. The van der Waals surface area contributed by atoms with Gasteiger partial charge < -0.3 is 10.1 Å². The van der Waals surface area contributed by atoms with Gasteiger partial charge in [-0.3, -0.25) is 0 Å². The first-order chi connectivity index (χ1) is 7.08. The van der Waals surface area contributed by atoms with Crippen molar-refractivity contribution in [1.82, 2.24) is 0 Å². The van der Waals surface area contributed by atoms with Gasteiger partial charge in [-0.1, -0.05) is 18.2 Å². The summed E-state index contributed by atoms with van der Waals surface area (Å²) in [6.07, 6.45) is 1.09. The first-order valence-corrected chi connectivity index (χ1v) is 5.60. The average Bonchev–Trinajstić information content (AvgIpc) is 2.17. The first-order valence-electron chi connectivity index (χ1n) is 5.60. The fourth-order valence-corrected chi connectivity index (χ4v) is 1.33. The van der Waals surface area contributed by atoms with Gasteiger partial charge in [0.1, 0.15) is 5.75 Å². The molecule has 0 bridgehead atoms. The predicted molar refractivity (Wildman–Crippen MR) is 63.1 cm³/mol. The van der Waals surface area contributed by atoms with Crippen LogP contribution in [0.25, 0.3) is 0 Å². The molecule has 15 heavy (non-hydrogen) atoms. The van der Waals surface area contributed by atoms with Gasteiger partial charge in [0.05, 0.1) is 18.7 Å². The monoisotopic (exact) mass is 208 g/mol. The van der Waals surface area contributed by atoms with Crippen molar-refractivity contribution in [3.63, 3.8) is 0 Å². The lowest BCUT2D eigenvalue weighted by Crippen LogP contribution is -2.94. The summed E-state index contributed by atoms with van der Waals surface area (Å²) in [5, 5.41) is 2.35. The van der Waals surface area contributed by atoms with Crippen LogP contribution in [-0.2, 0) is 0 Å². The number of rotatable bonds is 5. The molecule has 0 amide bonds. The van der Waals surface area contributed by atoms with E-state index >= 15 is 0 Å². The summed E-state index contributed by atoms with van der Waals surface area (Å²) in [6.45, 7) is 8.61. The lowest BCUT2D eigenvalue weighted by Gasteiger charge is -2.16. The Morgan fingerprint density at radius 1 is 1.13 bits per heavy atom. The molecule has 0 aliphatic carbocycles. The van der Waals surface area contributed by atoms with Gasteiger partial charge in [0.2, 0.25) is 0 Å². The van der Waals surface area contributed by atoms with Gasteiger partial charge in [-0.25, -0.2) is 0 Å². The van der Waals surface area contributed by atoms with Crippen LogP contribution in [0, 0.1) is 0 Å². The molecule has 1 aromatic carbocycles. The first kappa shape index (κ1) is 12.1. The van der Waals surface area contributed by atoms with Crippen molar-refractivity contribution in [3.05, 3.63) is 30.3 Å². The Bertz CT molecular complexity index is 264. The van der Waals surface area contributed by atoms with Crippen LogP contribution in [0.5, 0.6) is 5.75 Å². The SMILES string of the molecule is CC(C)(C)[NH2+]CCCOc1ccccc1. The number of hydrogen-bond donors (Lipinski definition) is 1. The van der Waals surface area contributed by atoms with E-state index < -0.39 is 0 Å². The van der Waals surface area contributed by atoms with Gasteiger partial charge in [0.15, 0.2) is 0 Å². The molecule has 0 fully saturated rings. The van der Waals surface area contributed by atoms with Crippen LogP contribution in [-0.4, -0.2) is 18.7 Å². The van der Waals surface area contributed by atoms with Crippen molar-refractivity contribution in [3.8, 4) is 5.75 Å². The largest absolute Gasteiger partial charge is 0.493 e. The normalized spacial score (nSPS) is 11.4. The number of benzene rings is 1. The Morgan fingerprint density at radius 3 is 2.40 bits per heavy atom. The minimum Gasteiger partial charge on any atom is -0.493 e. The molecular formula is C13H22NO+. The molecule has 0 unspecified atom stereocenters. The highest BCUT2D eigenvalue weighted by molar-refractivity contribution is 5.20. The zero-order valence-corrected chi connectivity index (χ0v) is 9.99. The minimum absolute atomic E-state index is 0.326. The second kappa shape index (κ2) is 5.76. The molecule has 1 aromatic rings. The van der Waals surface area contributed by atoms with Gasteiger partial charge in [-0.2, -0.15) is 0 Å². The van der Waals surface area contributed by atoms with Crippen LogP contribution in [0.3, 0.4) is 0 Å². The summed E-state index contributed by atoms with van der Waals surface area (Å²) in [7, 11) is 0. The van der Waals surface area contributed by atoms with E-state index in [0.717, 1.165) is 25.3 Å². The topological polar surface area (TPSA) is 25.8 Å². The highest BCUT2D eigenvalue weighted by atomic mass is 16.5. The summed E-state index contributed by atoms with van der Waals surface area (Å²) in [5.41, 5.74) is 0.326. The lowest BCUT2D eigenvalue weighted by atomic mass is 10.1. The lowest BCUT2D eigenvalue weighted by molar-refractivity contribution is -0.717. The third-order valence-corrected chi connectivity index (χ3v) is 2.12. The van der Waals surface area contributed by atoms with Gasteiger partial charge in [-0.05, 0) is 32.9 Å². The standard InChI is InChI=1S/C13H21NO/c1-13(2,3)14-10-7-11-15-12-8-5-4-6-9-12/h4-6,8-9,14H,7,10-11H2,1-3H3/p+1. The van der Waals surface area contributed by atoms with E-state index in [1.54, 1.807) is 0 Å². The second-order valence-corrected chi connectivity index (χ2v) is 4.87. The summed E-state index contributed by atoms with van der Waals surface area (Å²) in [4.78, 5) is 0. The van der Waals surface area contributed by atoms with Gasteiger partial charge in [0.25, 0.3) is 0 Å². The van der Waals surface area contributed by atoms with E-state index in [1.807, 2.05) is 30.3 Å². The van der Waals surface area contributed by atoms with Gasteiger partial charge >= 0.3 is 0 Å². The van der Waals surface area contributed by atoms with E-state index in [1.165, 1.54) is 0 Å². The minimum atomic E-state index is 0.326. The molecule has 2 nitrogen and oxygen atoms in total. The zero-order valence-electron chi connectivity index (χ0n) is 9.99. The fourth-order valence-electron chi connectivity index (χ4n) is 1.33. The summed E-state index contributed by atoms with van der Waals surface area (Å²) in [6, 6.07) is 9.98. The maximum Gasteiger partial charge on any atom is 0.119 e. The van der Waals surface area contributed by atoms with Crippen LogP contribution >= 0.6 is 0 Å². The van der Waals surface area contributed by atoms with Crippen LogP contribution in [0.4, 0.5) is 0 Å². The molecule has 0 aliphatic rings. The van der Waals surface area contributed by atoms with E-state index in [0.29, 0.717) is 5.54 Å². The molecule has 2 heteroatoms. The highest BCUT2D eigenvalue weighted by Crippen LogP contribution is 2.07. The zero-order chi connectivity index (χ0) is 11.1. The maximum absolute atomic E-state index is 5.60. The second-order valence-electron chi connectivity index (χ2n) is 4.87. The van der Waals surface area contributed by atoms with Crippen LogP contribution in [0.2, 0.25) is 0 Å². The molecule has 0 radical (unpaired) electrons. The molecule has 0 spiro atoms. The van der Waals surface area contributed by atoms with Crippen molar-refractivity contribution in [2.24, 2.45) is 0 Å². The molecule has 0 heterocycles. The van der Waals surface area contributed by atoms with Crippen molar-refractivity contribution >= 4 is 0 Å². The van der Waals surface area contributed by atoms with Crippen LogP contribution in [0.1, 0.15) is 27.2 Å². The molecule has 84 valence electrons. The Kier molecular flexibility index (Phi) is 4.63. The summed E-state index contributed by atoms with van der Waals surface area (Å²) >= 11 is 0. The number of nitrogens with two attached hydrogens (primary N) is 1. The van der Waals surface area contributed by atoms with E-state index in [2.05, 4.69) is 26.1 Å². The Balaban J connectivity index is 2.08. The van der Waals surface area contributed by atoms with Crippen LogP contribution < -0.4 is 10.1 Å². The van der Waals surface area contributed by atoms with E-state index in [4.69, 9.17) is 4.74 Å². The van der Waals surface area contributed by atoms with Gasteiger partial charge in [0, 0.05) is 6.42 Å². The molecule has 0 aromatic heterocycles. The van der Waals surface area contributed by atoms with Crippen molar-refractivity contribution in [2.75, 3.05) is 13.2 Å². The summed E-state index contributed by atoms with van der Waals surface area (Å²) in [5.74, 6) is 0.966. The smallest absolute Gasteiger partial charge is 0.119 e. The number of hydrogen-bond acceptors (Lipinski definition) is 1. The summed E-state index contributed by atoms with van der Waals surface area (Å²) < 4.78 is 5.60. The Labute approximate surface area is 92.6 Å². The Morgan fingerprint density at radius 2 is 1.80 bits per heavy atom.